The number of aryl methyl sites for hydroxylation is 1. The second-order valence-electron chi connectivity index (χ2n) is 5.90. The first-order valence-electron chi connectivity index (χ1n) is 8.09. The van der Waals surface area contributed by atoms with E-state index < -0.39 is 5.97 Å². The van der Waals surface area contributed by atoms with Crippen molar-refractivity contribution in [2.24, 2.45) is 0 Å². The predicted octanol–water partition coefficient (Wildman–Crippen LogP) is 4.21. The van der Waals surface area contributed by atoms with Crippen LogP contribution in [0.1, 0.15) is 21.7 Å². The number of halogens is 1. The van der Waals surface area contributed by atoms with Crippen LogP contribution in [0.4, 0.5) is 0 Å². The number of rotatable bonds is 5. The van der Waals surface area contributed by atoms with E-state index in [1.165, 1.54) is 12.0 Å². The molecule has 0 saturated carbocycles. The molecule has 2 aromatic carbocycles. The van der Waals surface area contributed by atoms with Crippen molar-refractivity contribution < 1.29 is 18.7 Å². The summed E-state index contributed by atoms with van der Waals surface area (Å²) in [6, 6.07) is 14.8. The number of fused-ring (bicyclic) bond motifs is 1. The number of methoxy groups -OCH3 is 1. The van der Waals surface area contributed by atoms with Crippen LogP contribution >= 0.6 is 11.6 Å². The molecule has 0 aliphatic carbocycles. The number of nitrogens with zero attached hydrogens (tertiary/aromatic N) is 1. The van der Waals surface area contributed by atoms with Gasteiger partial charge in [0.2, 0.25) is 0 Å². The lowest BCUT2D eigenvalue weighted by Gasteiger charge is -2.20. The summed E-state index contributed by atoms with van der Waals surface area (Å²) >= 11 is 6.17. The van der Waals surface area contributed by atoms with Gasteiger partial charge in [0, 0.05) is 17.5 Å². The minimum Gasteiger partial charge on any atom is -0.468 e. The molecule has 5 nitrogen and oxygen atoms in total. The van der Waals surface area contributed by atoms with Crippen LogP contribution in [0.25, 0.3) is 11.0 Å². The second-order valence-corrected chi connectivity index (χ2v) is 6.30. The van der Waals surface area contributed by atoms with Crippen LogP contribution in [0.2, 0.25) is 5.02 Å². The molecule has 0 aliphatic rings. The molecule has 0 N–H and O–H groups in total. The molecule has 0 aliphatic heterocycles. The maximum atomic E-state index is 13.1. The number of ether oxygens (including phenoxy) is 1. The summed E-state index contributed by atoms with van der Waals surface area (Å²) in [5, 5.41) is 1.21. The Morgan fingerprint density at radius 3 is 2.50 bits per heavy atom. The normalized spacial score (nSPS) is 10.7. The van der Waals surface area contributed by atoms with Gasteiger partial charge in [0.15, 0.2) is 11.3 Å². The summed E-state index contributed by atoms with van der Waals surface area (Å²) in [5.41, 5.74) is 2.06. The van der Waals surface area contributed by atoms with E-state index in [2.05, 4.69) is 0 Å². The molecule has 1 heterocycles. The SMILES string of the molecule is COC(=O)CN(Cc1ccccc1)C(=O)c1oc2c(Cl)cccc2c1C. The monoisotopic (exact) mass is 371 g/mol. The van der Waals surface area contributed by atoms with Gasteiger partial charge in [-0.05, 0) is 18.6 Å². The van der Waals surface area contributed by atoms with Crippen LogP contribution in [-0.4, -0.2) is 30.4 Å². The Morgan fingerprint density at radius 2 is 1.85 bits per heavy atom. The number of hydrogen-bond donors (Lipinski definition) is 0. The standard InChI is InChI=1S/C20H18ClNO4/c1-13-15-9-6-10-16(21)19(15)26-18(13)20(24)22(12-17(23)25-2)11-14-7-4-3-5-8-14/h3-10H,11-12H2,1-2H3. The van der Waals surface area contributed by atoms with Crippen LogP contribution in [0, 0.1) is 6.92 Å². The molecule has 134 valence electrons. The van der Waals surface area contributed by atoms with Crippen LogP contribution in [0.15, 0.2) is 52.9 Å². The van der Waals surface area contributed by atoms with E-state index in [9.17, 15) is 9.59 Å². The summed E-state index contributed by atoms with van der Waals surface area (Å²) < 4.78 is 10.5. The topological polar surface area (TPSA) is 59.8 Å². The van der Waals surface area contributed by atoms with Crippen molar-refractivity contribution in [2.45, 2.75) is 13.5 Å². The molecule has 0 radical (unpaired) electrons. The third-order valence-corrected chi connectivity index (χ3v) is 4.46. The number of hydrogen-bond acceptors (Lipinski definition) is 4. The first-order valence-corrected chi connectivity index (χ1v) is 8.46. The Bertz CT molecular complexity index is 949. The van der Waals surface area contributed by atoms with Crippen LogP contribution in [-0.2, 0) is 16.1 Å². The Balaban J connectivity index is 1.98. The molecule has 3 rings (SSSR count). The summed E-state index contributed by atoms with van der Waals surface area (Å²) in [6.45, 7) is 1.89. The summed E-state index contributed by atoms with van der Waals surface area (Å²) in [6.07, 6.45) is 0. The zero-order valence-corrected chi connectivity index (χ0v) is 15.2. The number of esters is 1. The van der Waals surface area contributed by atoms with Gasteiger partial charge in [-0.25, -0.2) is 0 Å². The van der Waals surface area contributed by atoms with E-state index in [4.69, 9.17) is 20.8 Å². The van der Waals surface area contributed by atoms with Gasteiger partial charge in [-0.1, -0.05) is 54.1 Å². The van der Waals surface area contributed by atoms with Crippen molar-refractivity contribution in [1.82, 2.24) is 4.90 Å². The smallest absolute Gasteiger partial charge is 0.325 e. The fourth-order valence-corrected chi connectivity index (χ4v) is 2.99. The number of carbonyl (C=O) groups excluding carboxylic acids is 2. The summed E-state index contributed by atoms with van der Waals surface area (Å²) in [7, 11) is 1.29. The molecule has 0 spiro atoms. The van der Waals surface area contributed by atoms with E-state index in [0.29, 0.717) is 16.2 Å². The fraction of sp³-hybridized carbons (Fsp3) is 0.200. The highest BCUT2D eigenvalue weighted by atomic mass is 35.5. The van der Waals surface area contributed by atoms with Gasteiger partial charge in [-0.3, -0.25) is 9.59 Å². The number of amides is 1. The van der Waals surface area contributed by atoms with Gasteiger partial charge in [0.25, 0.3) is 5.91 Å². The minimum absolute atomic E-state index is 0.172. The third-order valence-electron chi connectivity index (χ3n) is 4.16. The Morgan fingerprint density at radius 1 is 1.12 bits per heavy atom. The van der Waals surface area contributed by atoms with Gasteiger partial charge in [0.1, 0.15) is 6.54 Å². The molecule has 3 aromatic rings. The van der Waals surface area contributed by atoms with E-state index in [1.807, 2.05) is 36.4 Å². The lowest BCUT2D eigenvalue weighted by atomic mass is 10.1. The Kier molecular flexibility index (Phi) is 5.28. The van der Waals surface area contributed by atoms with Crippen molar-refractivity contribution in [1.29, 1.82) is 0 Å². The average Bonchev–Trinajstić information content (AvgIpc) is 2.99. The van der Waals surface area contributed by atoms with Gasteiger partial charge in [-0.15, -0.1) is 0 Å². The van der Waals surface area contributed by atoms with E-state index in [1.54, 1.807) is 19.1 Å². The van der Waals surface area contributed by atoms with Crippen molar-refractivity contribution in [3.8, 4) is 0 Å². The lowest BCUT2D eigenvalue weighted by Crippen LogP contribution is -2.35. The highest BCUT2D eigenvalue weighted by Gasteiger charge is 2.26. The van der Waals surface area contributed by atoms with Crippen molar-refractivity contribution in [3.63, 3.8) is 0 Å². The largest absolute Gasteiger partial charge is 0.468 e. The maximum absolute atomic E-state index is 13.1. The van der Waals surface area contributed by atoms with Crippen LogP contribution in [0.3, 0.4) is 0 Å². The Hall–Kier alpha value is -2.79. The number of carbonyl (C=O) groups is 2. The number of para-hydroxylation sites is 1. The molecule has 1 aromatic heterocycles. The van der Waals surface area contributed by atoms with E-state index in [0.717, 1.165) is 10.9 Å². The van der Waals surface area contributed by atoms with Gasteiger partial charge < -0.3 is 14.1 Å². The molecule has 0 saturated heterocycles. The first kappa shape index (κ1) is 18.0. The molecule has 0 fully saturated rings. The van der Waals surface area contributed by atoms with Crippen molar-refractivity contribution >= 4 is 34.4 Å². The molecule has 0 bridgehead atoms. The van der Waals surface area contributed by atoms with Gasteiger partial charge in [-0.2, -0.15) is 0 Å². The Labute approximate surface area is 156 Å². The highest BCUT2D eigenvalue weighted by molar-refractivity contribution is 6.35. The molecular formula is C20H18ClNO4. The van der Waals surface area contributed by atoms with Crippen molar-refractivity contribution in [2.75, 3.05) is 13.7 Å². The number of benzene rings is 2. The summed E-state index contributed by atoms with van der Waals surface area (Å²) in [4.78, 5) is 26.3. The van der Waals surface area contributed by atoms with E-state index in [-0.39, 0.29) is 24.8 Å². The molecule has 0 atom stereocenters. The minimum atomic E-state index is -0.499. The molecule has 1 amide bonds. The molecule has 6 heteroatoms. The second kappa shape index (κ2) is 7.62. The maximum Gasteiger partial charge on any atom is 0.325 e. The molecule has 26 heavy (non-hydrogen) atoms. The lowest BCUT2D eigenvalue weighted by molar-refractivity contribution is -0.141. The van der Waals surface area contributed by atoms with Crippen molar-refractivity contribution in [3.05, 3.63) is 70.4 Å². The summed E-state index contributed by atoms with van der Waals surface area (Å²) in [5.74, 6) is -0.710. The quantitative estimate of drug-likeness (QED) is 0.630. The highest BCUT2D eigenvalue weighted by Crippen LogP contribution is 2.31. The van der Waals surface area contributed by atoms with Gasteiger partial charge >= 0.3 is 5.97 Å². The van der Waals surface area contributed by atoms with E-state index >= 15 is 0 Å². The number of furan rings is 1. The van der Waals surface area contributed by atoms with Gasteiger partial charge in [0.05, 0.1) is 12.1 Å². The average molecular weight is 372 g/mol. The molecule has 0 unspecified atom stereocenters. The van der Waals surface area contributed by atoms with Crippen LogP contribution in [0.5, 0.6) is 0 Å². The fourth-order valence-electron chi connectivity index (χ4n) is 2.78. The van der Waals surface area contributed by atoms with Crippen LogP contribution < -0.4 is 0 Å². The molecular weight excluding hydrogens is 354 g/mol. The zero-order valence-electron chi connectivity index (χ0n) is 14.5. The zero-order chi connectivity index (χ0) is 18.7. The first-order chi connectivity index (χ1) is 12.5. The third kappa shape index (κ3) is 3.58. The predicted molar refractivity (Wildman–Crippen MR) is 99.2 cm³/mol.